The van der Waals surface area contributed by atoms with Crippen LogP contribution in [-0.4, -0.2) is 45.6 Å². The van der Waals surface area contributed by atoms with E-state index in [4.69, 9.17) is 15.5 Å². The van der Waals surface area contributed by atoms with E-state index < -0.39 is 17.7 Å². The third-order valence-corrected chi connectivity index (χ3v) is 9.14. The Morgan fingerprint density at radius 3 is 1.86 bits per heavy atom. The Hall–Kier alpha value is -4.39. The second-order valence-electron chi connectivity index (χ2n) is 11.7. The number of carbonyl (C=O) groups excluding carboxylic acids is 2. The van der Waals surface area contributed by atoms with Crippen molar-refractivity contribution in [2.24, 2.45) is 11.7 Å². The summed E-state index contributed by atoms with van der Waals surface area (Å²) in [5, 5.41) is 0. The largest absolute Gasteiger partial charge is 0.436 e. The zero-order valence-corrected chi connectivity index (χ0v) is 25.9. The Labute approximate surface area is 261 Å². The number of carbonyl (C=O) groups is 2. The van der Waals surface area contributed by atoms with E-state index in [0.29, 0.717) is 38.3 Å². The molecule has 5 rings (SSSR count). The van der Waals surface area contributed by atoms with Crippen LogP contribution in [0.4, 0.5) is 4.79 Å². The van der Waals surface area contributed by atoms with E-state index in [1.165, 1.54) is 0 Å². The average molecular weight is 593 g/mol. The molecular formula is C37H44N4O3. The molecule has 1 aliphatic rings. The highest BCUT2D eigenvalue weighted by molar-refractivity contribution is 5.83. The standard InChI is InChI=1S/C37H44N4O3/c1-3-28-23-25-40(26-24-28)35(42)34(44-36(38)43)22-14-21-32-33(4-2)41(27-39-32)37(29-15-8-5-9-16-29,30-17-10-6-11-18-30)31-19-12-7-13-20-31/h5-13,15-20,27-28,34H,3-4,14,21-26H2,1-2H3,(H2,38,43). The molecular weight excluding hydrogens is 548 g/mol. The highest BCUT2D eigenvalue weighted by atomic mass is 16.6. The van der Waals surface area contributed by atoms with Gasteiger partial charge in [0.1, 0.15) is 5.54 Å². The van der Waals surface area contributed by atoms with Crippen LogP contribution in [0.1, 0.15) is 74.0 Å². The molecule has 3 aromatic carbocycles. The normalized spacial score (nSPS) is 14.7. The molecule has 2 N–H and O–H groups in total. The van der Waals surface area contributed by atoms with Crippen molar-refractivity contribution in [1.29, 1.82) is 0 Å². The summed E-state index contributed by atoms with van der Waals surface area (Å²) in [4.78, 5) is 31.9. The van der Waals surface area contributed by atoms with E-state index in [1.54, 1.807) is 0 Å². The van der Waals surface area contributed by atoms with Gasteiger partial charge in [0.15, 0.2) is 6.10 Å². The fourth-order valence-electron chi connectivity index (χ4n) is 6.83. The van der Waals surface area contributed by atoms with Gasteiger partial charge in [0.05, 0.1) is 12.0 Å². The summed E-state index contributed by atoms with van der Waals surface area (Å²) < 4.78 is 7.69. The Morgan fingerprint density at radius 1 is 0.886 bits per heavy atom. The first-order chi connectivity index (χ1) is 21.5. The minimum Gasteiger partial charge on any atom is -0.436 e. The molecule has 0 saturated carbocycles. The quantitative estimate of drug-likeness (QED) is 0.185. The number of hydrogen-bond acceptors (Lipinski definition) is 4. The number of hydrogen-bond donors (Lipinski definition) is 1. The van der Waals surface area contributed by atoms with E-state index >= 15 is 0 Å². The minimum atomic E-state index is -0.913. The molecule has 1 saturated heterocycles. The molecule has 1 aliphatic heterocycles. The van der Waals surface area contributed by atoms with E-state index in [0.717, 1.165) is 53.8 Å². The molecule has 0 aliphatic carbocycles. The van der Waals surface area contributed by atoms with E-state index in [2.05, 4.69) is 91.2 Å². The monoisotopic (exact) mass is 592 g/mol. The van der Waals surface area contributed by atoms with Crippen molar-refractivity contribution >= 4 is 12.0 Å². The number of primary amides is 1. The van der Waals surface area contributed by atoms with Gasteiger partial charge in [-0.05, 0) is 61.1 Å². The lowest BCUT2D eigenvalue weighted by atomic mass is 9.76. The number of ether oxygens (including phenoxy) is 1. The second kappa shape index (κ2) is 14.4. The van der Waals surface area contributed by atoms with Crippen LogP contribution in [0.5, 0.6) is 0 Å². The number of nitrogens with zero attached hydrogens (tertiary/aromatic N) is 3. The van der Waals surface area contributed by atoms with Crippen molar-refractivity contribution in [2.75, 3.05) is 13.1 Å². The Kier molecular flexibility index (Phi) is 10.2. The lowest BCUT2D eigenvalue weighted by molar-refractivity contribution is -0.142. The highest BCUT2D eigenvalue weighted by Gasteiger charge is 2.40. The maximum Gasteiger partial charge on any atom is 0.405 e. The molecule has 7 nitrogen and oxygen atoms in total. The van der Waals surface area contributed by atoms with Crippen LogP contribution < -0.4 is 5.73 Å². The Morgan fingerprint density at radius 2 is 1.41 bits per heavy atom. The van der Waals surface area contributed by atoms with Gasteiger partial charge in [0, 0.05) is 18.8 Å². The van der Waals surface area contributed by atoms with Crippen molar-refractivity contribution in [2.45, 2.75) is 70.4 Å². The molecule has 1 atom stereocenters. The molecule has 1 unspecified atom stereocenters. The molecule has 1 fully saturated rings. The van der Waals surface area contributed by atoms with Gasteiger partial charge in [-0.25, -0.2) is 9.78 Å². The van der Waals surface area contributed by atoms with Crippen molar-refractivity contribution in [1.82, 2.24) is 14.5 Å². The fraction of sp³-hybridized carbons (Fsp3) is 0.378. The SMILES string of the molecule is CCc1c(CCCC(OC(N)=O)C(=O)N2CCC(CC)CC2)ncn1C(c1ccccc1)(c1ccccc1)c1ccccc1. The zero-order chi connectivity index (χ0) is 30.9. The summed E-state index contributed by atoms with van der Waals surface area (Å²) in [6, 6.07) is 31.7. The smallest absolute Gasteiger partial charge is 0.405 e. The minimum absolute atomic E-state index is 0.143. The number of nitrogens with two attached hydrogens (primary N) is 1. The van der Waals surface area contributed by atoms with Crippen LogP contribution in [0.15, 0.2) is 97.3 Å². The van der Waals surface area contributed by atoms with Gasteiger partial charge in [-0.3, -0.25) is 4.79 Å². The van der Waals surface area contributed by atoms with Crippen LogP contribution >= 0.6 is 0 Å². The van der Waals surface area contributed by atoms with Gasteiger partial charge in [-0.15, -0.1) is 0 Å². The molecule has 7 heteroatoms. The van der Waals surface area contributed by atoms with Crippen LogP contribution in [0, 0.1) is 5.92 Å². The molecule has 2 amide bonds. The third kappa shape index (κ3) is 6.42. The van der Waals surface area contributed by atoms with Crippen LogP contribution in [0.2, 0.25) is 0 Å². The van der Waals surface area contributed by atoms with Crippen molar-refractivity contribution < 1.29 is 14.3 Å². The molecule has 44 heavy (non-hydrogen) atoms. The topological polar surface area (TPSA) is 90.4 Å². The fourth-order valence-corrected chi connectivity index (χ4v) is 6.83. The van der Waals surface area contributed by atoms with Crippen molar-refractivity contribution in [3.63, 3.8) is 0 Å². The Balaban J connectivity index is 1.46. The van der Waals surface area contributed by atoms with Crippen LogP contribution in [-0.2, 0) is 27.9 Å². The predicted molar refractivity (Wildman–Crippen MR) is 173 cm³/mol. The van der Waals surface area contributed by atoms with E-state index in [-0.39, 0.29) is 5.91 Å². The first kappa shape index (κ1) is 31.0. The lowest BCUT2D eigenvalue weighted by Crippen LogP contribution is -2.45. The van der Waals surface area contributed by atoms with Gasteiger partial charge in [-0.1, -0.05) is 111 Å². The Bertz CT molecular complexity index is 1400. The highest BCUT2D eigenvalue weighted by Crippen LogP contribution is 2.42. The van der Waals surface area contributed by atoms with Gasteiger partial charge in [0.2, 0.25) is 0 Å². The van der Waals surface area contributed by atoms with Gasteiger partial charge in [-0.2, -0.15) is 0 Å². The second-order valence-corrected chi connectivity index (χ2v) is 11.7. The van der Waals surface area contributed by atoms with Gasteiger partial charge < -0.3 is 19.9 Å². The summed E-state index contributed by atoms with van der Waals surface area (Å²) >= 11 is 0. The number of benzene rings is 3. The molecule has 2 heterocycles. The van der Waals surface area contributed by atoms with E-state index in [1.807, 2.05) is 29.4 Å². The first-order valence-corrected chi connectivity index (χ1v) is 16.0. The van der Waals surface area contributed by atoms with Crippen LogP contribution in [0.25, 0.3) is 0 Å². The lowest BCUT2D eigenvalue weighted by Gasteiger charge is -2.38. The number of aryl methyl sites for hydroxylation is 1. The average Bonchev–Trinajstić information content (AvgIpc) is 3.48. The van der Waals surface area contributed by atoms with E-state index in [9.17, 15) is 9.59 Å². The summed E-state index contributed by atoms with van der Waals surface area (Å²) in [5.74, 6) is 0.503. The number of aromatic nitrogens is 2. The molecule has 4 aromatic rings. The molecule has 230 valence electrons. The number of piperidine rings is 1. The summed E-state index contributed by atoms with van der Waals surface area (Å²) in [7, 11) is 0. The molecule has 0 radical (unpaired) electrons. The number of amides is 2. The summed E-state index contributed by atoms with van der Waals surface area (Å²) in [5.41, 5.74) is 10.3. The van der Waals surface area contributed by atoms with Gasteiger partial charge in [0.25, 0.3) is 5.91 Å². The molecule has 1 aromatic heterocycles. The first-order valence-electron chi connectivity index (χ1n) is 16.0. The molecule has 0 bridgehead atoms. The molecule has 0 spiro atoms. The van der Waals surface area contributed by atoms with Crippen molar-refractivity contribution in [3.05, 3.63) is 125 Å². The maximum absolute atomic E-state index is 13.4. The van der Waals surface area contributed by atoms with Gasteiger partial charge >= 0.3 is 6.09 Å². The van der Waals surface area contributed by atoms with Crippen molar-refractivity contribution in [3.8, 4) is 0 Å². The number of likely N-dealkylation sites (tertiary alicyclic amines) is 1. The van der Waals surface area contributed by atoms with Crippen LogP contribution in [0.3, 0.4) is 0 Å². The summed E-state index contributed by atoms with van der Waals surface area (Å²) in [6.07, 6.45) is 5.70. The number of rotatable bonds is 12. The zero-order valence-electron chi connectivity index (χ0n) is 25.9. The predicted octanol–water partition coefficient (Wildman–Crippen LogP) is 6.72. The summed E-state index contributed by atoms with van der Waals surface area (Å²) in [6.45, 7) is 5.74. The number of imidazole rings is 1. The maximum atomic E-state index is 13.4. The third-order valence-electron chi connectivity index (χ3n) is 9.14.